The van der Waals surface area contributed by atoms with Gasteiger partial charge in [0.15, 0.2) is 0 Å². The largest absolute Gasteiger partial charge is 0.493 e. The second-order valence-electron chi connectivity index (χ2n) is 10.9. The Bertz CT molecular complexity index is 819. The second-order valence-corrected chi connectivity index (χ2v) is 10.9. The van der Waals surface area contributed by atoms with Gasteiger partial charge in [-0.2, -0.15) is 0 Å². The fraction of sp³-hybridized carbons (Fsp3) is 0.636. The first-order valence-corrected chi connectivity index (χ1v) is 14.7. The molecule has 1 nitrogen and oxygen atoms in total. The molecule has 0 aromatic heterocycles. The van der Waals surface area contributed by atoms with Crippen molar-refractivity contribution in [1.29, 1.82) is 0 Å². The van der Waals surface area contributed by atoms with E-state index in [4.69, 9.17) is 4.74 Å². The van der Waals surface area contributed by atoms with E-state index in [9.17, 15) is 4.39 Å². The number of ether oxygens (including phenoxy) is 1. The summed E-state index contributed by atoms with van der Waals surface area (Å²) >= 11 is 0. The topological polar surface area (TPSA) is 9.23 Å². The van der Waals surface area contributed by atoms with Crippen LogP contribution in [0, 0.1) is 17.7 Å². The summed E-state index contributed by atoms with van der Waals surface area (Å²) in [5, 5.41) is 0. The third-order valence-electron chi connectivity index (χ3n) is 7.94. The van der Waals surface area contributed by atoms with Gasteiger partial charge in [0.25, 0.3) is 0 Å². The summed E-state index contributed by atoms with van der Waals surface area (Å²) in [4.78, 5) is 0. The van der Waals surface area contributed by atoms with E-state index in [0.29, 0.717) is 17.2 Å². The van der Waals surface area contributed by atoms with Crippen molar-refractivity contribution in [2.45, 2.75) is 117 Å². The summed E-state index contributed by atoms with van der Waals surface area (Å²) < 4.78 is 20.9. The van der Waals surface area contributed by atoms with Crippen molar-refractivity contribution in [3.63, 3.8) is 0 Å². The molecule has 35 heavy (non-hydrogen) atoms. The normalized spacial score (nSPS) is 18.0. The third-order valence-corrected chi connectivity index (χ3v) is 7.94. The zero-order valence-corrected chi connectivity index (χ0v) is 22.5. The first kappa shape index (κ1) is 27.8. The molecule has 194 valence electrons. The molecule has 1 saturated carbocycles. The van der Waals surface area contributed by atoms with Crippen LogP contribution in [0.4, 0.5) is 4.39 Å². The Morgan fingerprint density at radius 3 is 2.00 bits per heavy atom. The van der Waals surface area contributed by atoms with Gasteiger partial charge in [-0.15, -0.1) is 0 Å². The van der Waals surface area contributed by atoms with Gasteiger partial charge in [-0.05, 0) is 60.8 Å². The molecule has 0 bridgehead atoms. The molecule has 0 radical (unpaired) electrons. The minimum Gasteiger partial charge on any atom is -0.493 e. The van der Waals surface area contributed by atoms with Gasteiger partial charge in [0.2, 0.25) is 0 Å². The van der Waals surface area contributed by atoms with Crippen molar-refractivity contribution < 1.29 is 9.13 Å². The highest BCUT2D eigenvalue weighted by molar-refractivity contribution is 5.65. The third kappa shape index (κ3) is 9.98. The number of unbranched alkanes of at least 4 members (excludes halogenated alkanes) is 8. The van der Waals surface area contributed by atoms with Crippen LogP contribution in [0.1, 0.15) is 116 Å². The Labute approximate surface area is 214 Å². The molecule has 0 saturated heterocycles. The van der Waals surface area contributed by atoms with Gasteiger partial charge in [0, 0.05) is 11.6 Å². The Morgan fingerprint density at radius 2 is 1.34 bits per heavy atom. The second kappa shape index (κ2) is 16.0. The first-order valence-electron chi connectivity index (χ1n) is 14.7. The van der Waals surface area contributed by atoms with E-state index in [0.717, 1.165) is 24.5 Å². The molecular formula is C33H49FO. The standard InChI is InChI=1S/C33H49FO/c1-3-5-7-9-11-13-27-15-17-29(18-16-27)26-35-31-23-24-32(33(34)25-31)30-21-19-28(20-22-30)14-12-10-8-6-4-2/h19-25,27,29H,3-18,26H2,1-2H3/t27-,29-. The van der Waals surface area contributed by atoms with Crippen LogP contribution in [0.5, 0.6) is 5.75 Å². The average Bonchev–Trinajstić information content (AvgIpc) is 2.88. The molecule has 1 aliphatic rings. The molecule has 2 heteroatoms. The van der Waals surface area contributed by atoms with Crippen LogP contribution in [-0.2, 0) is 6.42 Å². The molecule has 3 rings (SSSR count). The molecule has 2 aromatic carbocycles. The lowest BCUT2D eigenvalue weighted by molar-refractivity contribution is 0.177. The zero-order valence-electron chi connectivity index (χ0n) is 22.5. The van der Waals surface area contributed by atoms with Gasteiger partial charge >= 0.3 is 0 Å². The van der Waals surface area contributed by atoms with Crippen LogP contribution in [0.15, 0.2) is 42.5 Å². The lowest BCUT2D eigenvalue weighted by Gasteiger charge is -2.28. The monoisotopic (exact) mass is 480 g/mol. The van der Waals surface area contributed by atoms with Crippen LogP contribution in [-0.4, -0.2) is 6.61 Å². The van der Waals surface area contributed by atoms with E-state index in [1.165, 1.54) is 102 Å². The van der Waals surface area contributed by atoms with Crippen molar-refractivity contribution in [3.8, 4) is 16.9 Å². The molecule has 0 spiro atoms. The molecule has 1 fully saturated rings. The van der Waals surface area contributed by atoms with E-state index in [2.05, 4.69) is 38.1 Å². The van der Waals surface area contributed by atoms with Crippen LogP contribution in [0.25, 0.3) is 11.1 Å². The van der Waals surface area contributed by atoms with Crippen LogP contribution in [0.3, 0.4) is 0 Å². The predicted molar refractivity (Wildman–Crippen MR) is 149 cm³/mol. The Morgan fingerprint density at radius 1 is 0.714 bits per heavy atom. The maximum absolute atomic E-state index is 14.9. The van der Waals surface area contributed by atoms with E-state index in [1.54, 1.807) is 6.07 Å². The number of rotatable bonds is 16. The molecule has 2 aromatic rings. The van der Waals surface area contributed by atoms with Crippen LogP contribution < -0.4 is 4.74 Å². The number of hydrogen-bond donors (Lipinski definition) is 0. The molecule has 1 aliphatic carbocycles. The quantitative estimate of drug-likeness (QED) is 0.217. The minimum absolute atomic E-state index is 0.193. The number of halogens is 1. The smallest absolute Gasteiger partial charge is 0.134 e. The molecule has 0 unspecified atom stereocenters. The van der Waals surface area contributed by atoms with E-state index < -0.39 is 0 Å². The Balaban J connectivity index is 1.39. The maximum atomic E-state index is 14.9. The predicted octanol–water partition coefficient (Wildman–Crippen LogP) is 10.6. The molecule has 0 heterocycles. The summed E-state index contributed by atoms with van der Waals surface area (Å²) in [7, 11) is 0. The number of hydrogen-bond acceptors (Lipinski definition) is 1. The summed E-state index contributed by atoms with van der Waals surface area (Å²) in [5.74, 6) is 2.00. The zero-order chi connectivity index (χ0) is 24.7. The van der Waals surface area contributed by atoms with Crippen molar-refractivity contribution in [3.05, 3.63) is 53.8 Å². The van der Waals surface area contributed by atoms with Gasteiger partial charge in [-0.25, -0.2) is 4.39 Å². The van der Waals surface area contributed by atoms with E-state index in [-0.39, 0.29) is 5.82 Å². The fourth-order valence-corrected chi connectivity index (χ4v) is 5.54. The molecule has 0 N–H and O–H groups in total. The summed E-state index contributed by atoms with van der Waals surface area (Å²) in [6, 6.07) is 13.8. The van der Waals surface area contributed by atoms with Gasteiger partial charge < -0.3 is 4.74 Å². The number of benzene rings is 2. The first-order chi connectivity index (χ1) is 17.2. The van der Waals surface area contributed by atoms with Gasteiger partial charge in [0.1, 0.15) is 11.6 Å². The lowest BCUT2D eigenvalue weighted by Crippen LogP contribution is -2.20. The summed E-state index contributed by atoms with van der Waals surface area (Å²) in [5.41, 5.74) is 2.94. The molecule has 0 aliphatic heterocycles. The van der Waals surface area contributed by atoms with Crippen molar-refractivity contribution in [1.82, 2.24) is 0 Å². The highest BCUT2D eigenvalue weighted by Crippen LogP contribution is 2.33. The molecule has 0 atom stereocenters. The van der Waals surface area contributed by atoms with Crippen molar-refractivity contribution in [2.24, 2.45) is 11.8 Å². The van der Waals surface area contributed by atoms with Crippen molar-refractivity contribution in [2.75, 3.05) is 6.61 Å². The molecular weight excluding hydrogens is 431 g/mol. The maximum Gasteiger partial charge on any atom is 0.134 e. The highest BCUT2D eigenvalue weighted by Gasteiger charge is 2.21. The van der Waals surface area contributed by atoms with Gasteiger partial charge in [-0.1, -0.05) is 115 Å². The average molecular weight is 481 g/mol. The van der Waals surface area contributed by atoms with Gasteiger partial charge in [0.05, 0.1) is 6.61 Å². The lowest BCUT2D eigenvalue weighted by atomic mass is 9.80. The van der Waals surface area contributed by atoms with Crippen LogP contribution in [0.2, 0.25) is 0 Å². The number of aryl methyl sites for hydroxylation is 1. The van der Waals surface area contributed by atoms with Crippen molar-refractivity contribution >= 4 is 0 Å². The summed E-state index contributed by atoms with van der Waals surface area (Å²) in [6.07, 6.45) is 21.1. The molecule has 0 amide bonds. The van der Waals surface area contributed by atoms with Crippen LogP contribution >= 0.6 is 0 Å². The Hall–Kier alpha value is -1.83. The van der Waals surface area contributed by atoms with Gasteiger partial charge in [-0.3, -0.25) is 0 Å². The Kier molecular flexibility index (Phi) is 12.7. The highest BCUT2D eigenvalue weighted by atomic mass is 19.1. The minimum atomic E-state index is -0.193. The fourth-order valence-electron chi connectivity index (χ4n) is 5.54. The summed E-state index contributed by atoms with van der Waals surface area (Å²) in [6.45, 7) is 5.25. The SMILES string of the molecule is CCCCCCCc1ccc(-c2ccc(OC[C@H]3CC[C@H](CCCCCCC)CC3)cc2F)cc1. The van der Waals surface area contributed by atoms with E-state index >= 15 is 0 Å². The van der Waals surface area contributed by atoms with E-state index in [1.807, 2.05) is 12.1 Å².